The molecule has 0 aliphatic rings. The number of carbonyl (C=O) groups excluding carboxylic acids is 1. The quantitative estimate of drug-likeness (QED) is 0.452. The lowest BCUT2D eigenvalue weighted by atomic mass is 10.2. The van der Waals surface area contributed by atoms with E-state index in [4.69, 9.17) is 4.74 Å². The molecule has 0 saturated carbocycles. The molecule has 0 aromatic carbocycles. The molecule has 9 heteroatoms. The topological polar surface area (TPSA) is 63.6 Å². The Hall–Kier alpha value is -1.64. The number of amides is 1. The molecule has 0 fully saturated rings. The van der Waals surface area contributed by atoms with Crippen LogP contribution >= 0.6 is 15.9 Å². The van der Waals surface area contributed by atoms with Gasteiger partial charge in [0.05, 0.1) is 5.69 Å². The summed E-state index contributed by atoms with van der Waals surface area (Å²) >= 11 is 3.04. The molecule has 1 amide bonds. The van der Waals surface area contributed by atoms with Gasteiger partial charge in [-0.25, -0.2) is 9.78 Å². The average molecular weight is 410 g/mol. The van der Waals surface area contributed by atoms with Gasteiger partial charge in [0.2, 0.25) is 0 Å². The molecular weight excluding hydrogens is 391 g/mol. The van der Waals surface area contributed by atoms with Crippen molar-refractivity contribution in [2.45, 2.75) is 39.0 Å². The van der Waals surface area contributed by atoms with Gasteiger partial charge in [0.15, 0.2) is 5.71 Å². The third-order valence-corrected chi connectivity index (χ3v) is 2.94. The summed E-state index contributed by atoms with van der Waals surface area (Å²) in [7, 11) is 0. The monoisotopic (exact) mass is 409 g/mol. The fourth-order valence-corrected chi connectivity index (χ4v) is 1.97. The normalized spacial score (nSPS) is 12.9. The van der Waals surface area contributed by atoms with E-state index in [0.717, 1.165) is 0 Å². The van der Waals surface area contributed by atoms with Gasteiger partial charge in [-0.1, -0.05) is 6.07 Å². The van der Waals surface area contributed by atoms with E-state index in [1.807, 2.05) is 0 Å². The molecule has 134 valence electrons. The van der Waals surface area contributed by atoms with Crippen LogP contribution in [0.1, 0.15) is 32.9 Å². The van der Waals surface area contributed by atoms with Crippen LogP contribution in [0.15, 0.2) is 27.8 Å². The first-order valence-corrected chi connectivity index (χ1v) is 8.00. The fourth-order valence-electron chi connectivity index (χ4n) is 1.63. The Morgan fingerprint density at radius 3 is 2.54 bits per heavy atom. The zero-order valence-corrected chi connectivity index (χ0v) is 15.2. The second kappa shape index (κ2) is 8.46. The fraction of sp³-hybridized carbons (Fsp3) is 0.533. The highest BCUT2D eigenvalue weighted by Gasteiger charge is 2.37. The number of hydrogen-bond donors (Lipinski definition) is 1. The Morgan fingerprint density at radius 2 is 2.00 bits per heavy atom. The number of aliphatic imine (C=N–C) groups is 1. The number of hydrogen-bond acceptors (Lipinski definition) is 4. The van der Waals surface area contributed by atoms with E-state index in [-0.39, 0.29) is 25.2 Å². The number of halogens is 4. The summed E-state index contributed by atoms with van der Waals surface area (Å²) in [6, 6.07) is 4.23. The van der Waals surface area contributed by atoms with Crippen LogP contribution in [-0.2, 0) is 4.74 Å². The van der Waals surface area contributed by atoms with E-state index in [2.05, 4.69) is 31.2 Å². The molecule has 24 heavy (non-hydrogen) atoms. The minimum absolute atomic E-state index is 0.0984. The van der Waals surface area contributed by atoms with Crippen molar-refractivity contribution in [3.63, 3.8) is 0 Å². The minimum atomic E-state index is -4.60. The molecule has 0 aliphatic carbocycles. The van der Waals surface area contributed by atoms with Gasteiger partial charge in [0.25, 0.3) is 0 Å². The van der Waals surface area contributed by atoms with Crippen molar-refractivity contribution >= 4 is 27.7 Å². The highest BCUT2D eigenvalue weighted by atomic mass is 79.9. The van der Waals surface area contributed by atoms with Crippen LogP contribution in [-0.4, -0.2) is 41.7 Å². The first kappa shape index (κ1) is 20.4. The molecule has 5 nitrogen and oxygen atoms in total. The van der Waals surface area contributed by atoms with E-state index in [0.29, 0.717) is 4.60 Å². The summed E-state index contributed by atoms with van der Waals surface area (Å²) in [5.41, 5.74) is -1.92. The number of nitrogens with zero attached hydrogens (tertiary/aromatic N) is 2. The van der Waals surface area contributed by atoms with Gasteiger partial charge < -0.3 is 10.1 Å². The van der Waals surface area contributed by atoms with Crippen LogP contribution in [0, 0.1) is 0 Å². The van der Waals surface area contributed by atoms with Crippen molar-refractivity contribution < 1.29 is 22.7 Å². The zero-order valence-electron chi connectivity index (χ0n) is 13.6. The highest BCUT2D eigenvalue weighted by Crippen LogP contribution is 2.22. The van der Waals surface area contributed by atoms with Crippen molar-refractivity contribution in [2.24, 2.45) is 4.99 Å². The van der Waals surface area contributed by atoms with Gasteiger partial charge in [-0.05, 0) is 55.3 Å². The smallest absolute Gasteiger partial charge is 0.435 e. The second-order valence-electron chi connectivity index (χ2n) is 5.86. The van der Waals surface area contributed by atoms with E-state index >= 15 is 0 Å². The molecule has 0 saturated heterocycles. The number of ether oxygens (including phenoxy) is 1. The molecule has 1 N–H and O–H groups in total. The van der Waals surface area contributed by atoms with Gasteiger partial charge in [-0.3, -0.25) is 4.99 Å². The van der Waals surface area contributed by atoms with E-state index in [1.165, 1.54) is 18.2 Å². The van der Waals surface area contributed by atoms with Crippen LogP contribution in [0.2, 0.25) is 0 Å². The standard InChI is InChI=1S/C15H19BrF3N3O2/c1-14(2,3)24-13(23)21-9-5-8-20-12(15(17,18)19)10-6-4-7-11(16)22-10/h4,6-7H,5,8-9H2,1-3H3,(H,21,23). The second-order valence-corrected chi connectivity index (χ2v) is 6.67. The zero-order chi connectivity index (χ0) is 18.4. The molecule has 0 unspecified atom stereocenters. The number of pyridine rings is 1. The maximum Gasteiger partial charge on any atom is 0.435 e. The third kappa shape index (κ3) is 7.76. The molecule has 0 aliphatic heterocycles. The molecule has 1 heterocycles. The SMILES string of the molecule is CC(C)(C)OC(=O)NCCCN=C(c1cccc(Br)n1)C(F)(F)F. The Balaban J connectivity index is 2.60. The van der Waals surface area contributed by atoms with Crippen LogP contribution in [0.5, 0.6) is 0 Å². The van der Waals surface area contributed by atoms with Crippen LogP contribution in [0.3, 0.4) is 0 Å². The Morgan fingerprint density at radius 1 is 1.33 bits per heavy atom. The maximum atomic E-state index is 13.1. The highest BCUT2D eigenvalue weighted by molar-refractivity contribution is 9.10. The Labute approximate surface area is 146 Å². The lowest BCUT2D eigenvalue weighted by Crippen LogP contribution is -2.33. The molecule has 0 spiro atoms. The predicted molar refractivity (Wildman–Crippen MR) is 88.2 cm³/mol. The van der Waals surface area contributed by atoms with E-state index in [9.17, 15) is 18.0 Å². The number of rotatable bonds is 5. The number of alkyl carbamates (subject to hydrolysis) is 1. The van der Waals surface area contributed by atoms with Crippen molar-refractivity contribution in [3.8, 4) is 0 Å². The van der Waals surface area contributed by atoms with E-state index < -0.39 is 23.6 Å². The summed E-state index contributed by atoms with van der Waals surface area (Å²) in [6.45, 7) is 5.22. The maximum absolute atomic E-state index is 13.1. The van der Waals surface area contributed by atoms with Crippen molar-refractivity contribution in [2.75, 3.05) is 13.1 Å². The lowest BCUT2D eigenvalue weighted by Gasteiger charge is -2.19. The van der Waals surface area contributed by atoms with Gasteiger partial charge in [-0.15, -0.1) is 0 Å². The molecule has 0 radical (unpaired) electrons. The van der Waals surface area contributed by atoms with Gasteiger partial charge in [0, 0.05) is 13.1 Å². The number of carbonyl (C=O) groups is 1. The Kier molecular flexibility index (Phi) is 7.19. The predicted octanol–water partition coefficient (Wildman–Crippen LogP) is 4.11. The summed E-state index contributed by atoms with van der Waals surface area (Å²) in [5.74, 6) is 0. The Bertz CT molecular complexity index is 598. The third-order valence-electron chi connectivity index (χ3n) is 2.50. The molecule has 0 atom stereocenters. The summed E-state index contributed by atoms with van der Waals surface area (Å²) < 4.78 is 44.6. The largest absolute Gasteiger partial charge is 0.444 e. The summed E-state index contributed by atoms with van der Waals surface area (Å²) in [6.07, 6.45) is -4.98. The molecular formula is C15H19BrF3N3O2. The van der Waals surface area contributed by atoms with Crippen LogP contribution in [0.25, 0.3) is 0 Å². The van der Waals surface area contributed by atoms with Gasteiger partial charge in [0.1, 0.15) is 10.2 Å². The summed E-state index contributed by atoms with van der Waals surface area (Å²) in [4.78, 5) is 18.8. The number of nitrogens with one attached hydrogen (secondary N) is 1. The van der Waals surface area contributed by atoms with Crippen molar-refractivity contribution in [1.82, 2.24) is 10.3 Å². The van der Waals surface area contributed by atoms with Gasteiger partial charge >= 0.3 is 12.3 Å². The first-order valence-electron chi connectivity index (χ1n) is 7.20. The van der Waals surface area contributed by atoms with Crippen molar-refractivity contribution in [3.05, 3.63) is 28.5 Å². The van der Waals surface area contributed by atoms with Crippen molar-refractivity contribution in [1.29, 1.82) is 0 Å². The average Bonchev–Trinajstić information content (AvgIpc) is 2.39. The molecule has 1 aromatic rings. The molecule has 0 bridgehead atoms. The lowest BCUT2D eigenvalue weighted by molar-refractivity contribution is -0.0584. The number of alkyl halides is 3. The summed E-state index contributed by atoms with van der Waals surface area (Å²) in [5, 5.41) is 2.47. The molecule has 1 aromatic heterocycles. The van der Waals surface area contributed by atoms with Crippen LogP contribution in [0.4, 0.5) is 18.0 Å². The van der Waals surface area contributed by atoms with E-state index in [1.54, 1.807) is 20.8 Å². The minimum Gasteiger partial charge on any atom is -0.444 e. The first-order chi connectivity index (χ1) is 11.0. The van der Waals surface area contributed by atoms with Gasteiger partial charge in [-0.2, -0.15) is 13.2 Å². The number of aromatic nitrogens is 1. The molecule has 1 rings (SSSR count). The van der Waals surface area contributed by atoms with Crippen LogP contribution < -0.4 is 5.32 Å².